The van der Waals surface area contributed by atoms with Crippen LogP contribution in [0.1, 0.15) is 22.3 Å². The third kappa shape index (κ3) is 2.65. The fraction of sp³-hybridized carbons (Fsp3) is 0.429. The van der Waals surface area contributed by atoms with Gasteiger partial charge in [0.2, 0.25) is 0 Å². The molecule has 1 aromatic rings. The Bertz CT molecular complexity index is 546. The summed E-state index contributed by atoms with van der Waals surface area (Å²) >= 11 is 0. The molecule has 2 rings (SSSR count). The van der Waals surface area contributed by atoms with Crippen LogP contribution in [-0.2, 0) is 9.53 Å². The van der Waals surface area contributed by atoms with E-state index in [1.54, 1.807) is 13.0 Å². The van der Waals surface area contributed by atoms with Crippen LogP contribution in [0, 0.1) is 12.7 Å². The average Bonchev–Trinajstić information content (AvgIpc) is 2.79. The van der Waals surface area contributed by atoms with Gasteiger partial charge in [-0.3, -0.25) is 4.79 Å². The summed E-state index contributed by atoms with van der Waals surface area (Å²) < 4.78 is 18.4. The highest BCUT2D eigenvalue weighted by molar-refractivity contribution is 5.97. The average molecular weight is 281 g/mol. The van der Waals surface area contributed by atoms with E-state index in [9.17, 15) is 19.1 Å². The molecule has 1 fully saturated rings. The van der Waals surface area contributed by atoms with Crippen LogP contribution in [0.2, 0.25) is 0 Å². The Hall–Kier alpha value is -1.95. The van der Waals surface area contributed by atoms with Gasteiger partial charge in [-0.25, -0.2) is 9.18 Å². The van der Waals surface area contributed by atoms with Crippen molar-refractivity contribution in [3.05, 3.63) is 35.1 Å². The molecular formula is C14H16FNO4. The molecule has 5 nitrogen and oxygen atoms in total. The number of aryl methyl sites for hydroxylation is 1. The third-order valence-corrected chi connectivity index (χ3v) is 3.37. The number of likely N-dealkylation sites (tertiary alicyclic amines) is 1. The van der Waals surface area contributed by atoms with Crippen molar-refractivity contribution in [3.8, 4) is 0 Å². The molecular weight excluding hydrogens is 265 g/mol. The van der Waals surface area contributed by atoms with Crippen molar-refractivity contribution in [2.24, 2.45) is 0 Å². The van der Waals surface area contributed by atoms with Crippen molar-refractivity contribution < 1.29 is 23.8 Å². The van der Waals surface area contributed by atoms with Crippen molar-refractivity contribution in [2.75, 3.05) is 13.7 Å². The van der Waals surface area contributed by atoms with E-state index in [2.05, 4.69) is 4.74 Å². The predicted octanol–water partition coefficient (Wildman–Crippen LogP) is 0.883. The number of hydrogen-bond acceptors (Lipinski definition) is 4. The van der Waals surface area contributed by atoms with Gasteiger partial charge in [0.05, 0.1) is 18.8 Å². The van der Waals surface area contributed by atoms with E-state index in [-0.39, 0.29) is 18.5 Å². The number of ether oxygens (including phenoxy) is 1. The number of nitrogens with zero attached hydrogens (tertiary/aromatic N) is 1. The minimum absolute atomic E-state index is 0.00802. The molecule has 0 bridgehead atoms. The number of β-amino-alcohol motifs (C(OH)–C–C–N with tert-alkyl or cyclic N) is 1. The van der Waals surface area contributed by atoms with Gasteiger partial charge in [0, 0.05) is 13.0 Å². The molecule has 108 valence electrons. The van der Waals surface area contributed by atoms with Crippen LogP contribution in [0.5, 0.6) is 0 Å². The van der Waals surface area contributed by atoms with Gasteiger partial charge in [0.25, 0.3) is 5.91 Å². The molecule has 1 aliphatic rings. The summed E-state index contributed by atoms with van der Waals surface area (Å²) in [6, 6.07) is 3.39. The SMILES string of the molecule is COC(=O)C1CC(O)CN1C(=O)c1ccc(C)cc1F. The number of esters is 1. The molecule has 1 N–H and O–H groups in total. The van der Waals surface area contributed by atoms with Crippen molar-refractivity contribution in [2.45, 2.75) is 25.5 Å². The van der Waals surface area contributed by atoms with Crippen LogP contribution in [0.25, 0.3) is 0 Å². The maximum Gasteiger partial charge on any atom is 0.328 e. The molecule has 0 radical (unpaired) electrons. The van der Waals surface area contributed by atoms with E-state index in [1.807, 2.05) is 0 Å². The highest BCUT2D eigenvalue weighted by Crippen LogP contribution is 2.23. The molecule has 1 aliphatic heterocycles. The van der Waals surface area contributed by atoms with Crippen molar-refractivity contribution in [1.29, 1.82) is 0 Å². The summed E-state index contributed by atoms with van der Waals surface area (Å²) in [5.74, 6) is -1.86. The molecule has 2 atom stereocenters. The number of aliphatic hydroxyl groups is 1. The van der Waals surface area contributed by atoms with Gasteiger partial charge in [0.1, 0.15) is 11.9 Å². The zero-order chi connectivity index (χ0) is 14.9. The summed E-state index contributed by atoms with van der Waals surface area (Å²) in [6.45, 7) is 1.71. The van der Waals surface area contributed by atoms with Gasteiger partial charge in [0.15, 0.2) is 0 Å². The lowest BCUT2D eigenvalue weighted by molar-refractivity contribution is -0.145. The minimum atomic E-state index is -0.872. The second-order valence-electron chi connectivity index (χ2n) is 4.87. The van der Waals surface area contributed by atoms with Gasteiger partial charge >= 0.3 is 5.97 Å². The Kier molecular flexibility index (Phi) is 4.04. The fourth-order valence-corrected chi connectivity index (χ4v) is 2.35. The zero-order valence-electron chi connectivity index (χ0n) is 11.3. The number of methoxy groups -OCH3 is 1. The van der Waals surface area contributed by atoms with Gasteiger partial charge in [-0.2, -0.15) is 0 Å². The second kappa shape index (κ2) is 5.58. The van der Waals surface area contributed by atoms with Gasteiger partial charge in [-0.1, -0.05) is 6.07 Å². The summed E-state index contributed by atoms with van der Waals surface area (Å²) in [6.07, 6.45) is -0.706. The highest BCUT2D eigenvalue weighted by Gasteiger charge is 2.40. The van der Waals surface area contributed by atoms with Crippen LogP contribution in [0.4, 0.5) is 4.39 Å². The topological polar surface area (TPSA) is 66.8 Å². The maximum absolute atomic E-state index is 13.8. The van der Waals surface area contributed by atoms with E-state index in [4.69, 9.17) is 0 Å². The number of aliphatic hydroxyl groups excluding tert-OH is 1. The first-order chi connectivity index (χ1) is 9.43. The van der Waals surface area contributed by atoms with Gasteiger partial charge in [-0.15, -0.1) is 0 Å². The minimum Gasteiger partial charge on any atom is -0.467 e. The number of halogens is 1. The first-order valence-electron chi connectivity index (χ1n) is 6.27. The predicted molar refractivity (Wildman–Crippen MR) is 68.6 cm³/mol. The van der Waals surface area contributed by atoms with E-state index in [0.29, 0.717) is 5.56 Å². The number of carbonyl (C=O) groups is 2. The Balaban J connectivity index is 2.29. The van der Waals surface area contributed by atoms with Crippen molar-refractivity contribution in [3.63, 3.8) is 0 Å². The lowest BCUT2D eigenvalue weighted by Crippen LogP contribution is -2.41. The Labute approximate surface area is 116 Å². The summed E-state index contributed by atoms with van der Waals surface area (Å²) in [4.78, 5) is 25.1. The van der Waals surface area contributed by atoms with Crippen molar-refractivity contribution >= 4 is 11.9 Å². The van der Waals surface area contributed by atoms with Crippen LogP contribution in [0.3, 0.4) is 0 Å². The molecule has 0 spiro atoms. The van der Waals surface area contributed by atoms with Crippen LogP contribution < -0.4 is 0 Å². The molecule has 1 amide bonds. The lowest BCUT2D eigenvalue weighted by Gasteiger charge is -2.22. The number of carbonyl (C=O) groups excluding carboxylic acids is 2. The molecule has 2 unspecified atom stereocenters. The maximum atomic E-state index is 13.8. The van der Waals surface area contributed by atoms with Crippen LogP contribution >= 0.6 is 0 Å². The van der Waals surface area contributed by atoms with Crippen molar-refractivity contribution in [1.82, 2.24) is 4.90 Å². The van der Waals surface area contributed by atoms with Crippen LogP contribution in [0.15, 0.2) is 18.2 Å². The number of amides is 1. The summed E-state index contributed by atoms with van der Waals surface area (Å²) in [7, 11) is 1.21. The molecule has 1 saturated heterocycles. The molecule has 1 aromatic carbocycles. The Morgan fingerprint density at radius 3 is 2.75 bits per heavy atom. The third-order valence-electron chi connectivity index (χ3n) is 3.37. The highest BCUT2D eigenvalue weighted by atomic mass is 19.1. The smallest absolute Gasteiger partial charge is 0.328 e. The zero-order valence-corrected chi connectivity index (χ0v) is 11.3. The fourth-order valence-electron chi connectivity index (χ4n) is 2.35. The number of hydrogen-bond donors (Lipinski definition) is 1. The van der Waals surface area contributed by atoms with Gasteiger partial charge < -0.3 is 14.7 Å². The first kappa shape index (κ1) is 14.5. The quantitative estimate of drug-likeness (QED) is 0.817. The molecule has 1 heterocycles. The standard InChI is InChI=1S/C14H16FNO4/c1-8-3-4-10(11(15)5-8)13(18)16-7-9(17)6-12(16)14(19)20-2/h3-5,9,12,17H,6-7H2,1-2H3. The van der Waals surface area contributed by atoms with Crippen LogP contribution in [-0.4, -0.2) is 47.7 Å². The van der Waals surface area contributed by atoms with E-state index >= 15 is 0 Å². The van der Waals surface area contributed by atoms with Gasteiger partial charge in [-0.05, 0) is 24.6 Å². The second-order valence-corrected chi connectivity index (χ2v) is 4.87. The summed E-state index contributed by atoms with van der Waals surface area (Å²) in [5, 5.41) is 9.63. The largest absolute Gasteiger partial charge is 0.467 e. The molecule has 0 aliphatic carbocycles. The number of benzene rings is 1. The molecule has 6 heteroatoms. The van der Waals surface area contributed by atoms with E-state index in [0.717, 1.165) is 4.90 Å². The Morgan fingerprint density at radius 2 is 2.15 bits per heavy atom. The molecule has 20 heavy (non-hydrogen) atoms. The molecule has 0 saturated carbocycles. The van der Waals surface area contributed by atoms with E-state index < -0.39 is 29.8 Å². The summed E-state index contributed by atoms with van der Waals surface area (Å²) in [5.41, 5.74) is 0.587. The Morgan fingerprint density at radius 1 is 1.45 bits per heavy atom. The normalized spacial score (nSPS) is 21.9. The lowest BCUT2D eigenvalue weighted by atomic mass is 10.1. The molecule has 0 aromatic heterocycles. The number of rotatable bonds is 2. The monoisotopic (exact) mass is 281 g/mol. The first-order valence-corrected chi connectivity index (χ1v) is 6.27. The van der Waals surface area contributed by atoms with E-state index in [1.165, 1.54) is 19.2 Å².